The number of rotatable bonds is 6. The molecule has 1 aliphatic rings. The predicted molar refractivity (Wildman–Crippen MR) is 113 cm³/mol. The van der Waals surface area contributed by atoms with Gasteiger partial charge in [0.25, 0.3) is 0 Å². The molecular formula is C20H23ClFN3O4S. The fourth-order valence-electron chi connectivity index (χ4n) is 3.28. The van der Waals surface area contributed by atoms with E-state index in [0.717, 1.165) is 5.69 Å². The first-order valence-electron chi connectivity index (χ1n) is 9.36. The van der Waals surface area contributed by atoms with Crippen molar-refractivity contribution in [3.63, 3.8) is 0 Å². The van der Waals surface area contributed by atoms with Crippen LogP contribution in [0.4, 0.5) is 10.1 Å². The van der Waals surface area contributed by atoms with Crippen LogP contribution in [0, 0.1) is 5.82 Å². The molecular weight excluding hydrogens is 433 g/mol. The number of amides is 1. The van der Waals surface area contributed by atoms with E-state index in [4.69, 9.17) is 16.3 Å². The smallest absolute Gasteiger partial charge is 0.241 e. The lowest BCUT2D eigenvalue weighted by atomic mass is 10.2. The molecule has 10 heteroatoms. The summed E-state index contributed by atoms with van der Waals surface area (Å²) in [6.07, 6.45) is 0. The minimum absolute atomic E-state index is 0.0471. The van der Waals surface area contributed by atoms with Crippen LogP contribution < -0.4 is 14.4 Å². The van der Waals surface area contributed by atoms with E-state index in [1.807, 2.05) is 0 Å². The first kappa shape index (κ1) is 22.3. The number of nitrogens with one attached hydrogen (secondary N) is 1. The van der Waals surface area contributed by atoms with Gasteiger partial charge in [-0.05, 0) is 49.4 Å². The van der Waals surface area contributed by atoms with Gasteiger partial charge in [0.15, 0.2) is 0 Å². The number of methoxy groups -OCH3 is 1. The summed E-state index contributed by atoms with van der Waals surface area (Å²) in [7, 11) is -2.50. The molecule has 1 N–H and O–H groups in total. The van der Waals surface area contributed by atoms with Crippen LogP contribution in [0.25, 0.3) is 0 Å². The monoisotopic (exact) mass is 455 g/mol. The molecule has 1 saturated heterocycles. The van der Waals surface area contributed by atoms with E-state index in [2.05, 4.69) is 9.62 Å². The summed E-state index contributed by atoms with van der Waals surface area (Å²) in [5, 5.41) is 0.163. The van der Waals surface area contributed by atoms with Crippen LogP contribution >= 0.6 is 11.6 Å². The highest BCUT2D eigenvalue weighted by Gasteiger charge is 2.28. The van der Waals surface area contributed by atoms with Gasteiger partial charge < -0.3 is 14.5 Å². The number of hydrogen-bond donors (Lipinski definition) is 1. The van der Waals surface area contributed by atoms with E-state index in [1.165, 1.54) is 44.4 Å². The Kier molecular flexibility index (Phi) is 6.84. The van der Waals surface area contributed by atoms with Crippen LogP contribution in [-0.4, -0.2) is 58.6 Å². The molecule has 1 atom stereocenters. The maximum atomic E-state index is 13.1. The van der Waals surface area contributed by atoms with Gasteiger partial charge in [-0.2, -0.15) is 4.72 Å². The van der Waals surface area contributed by atoms with Crippen molar-refractivity contribution >= 4 is 33.2 Å². The zero-order valence-electron chi connectivity index (χ0n) is 16.6. The number of halogens is 2. The minimum atomic E-state index is -3.93. The minimum Gasteiger partial charge on any atom is -0.495 e. The number of nitrogens with zero attached hydrogens (tertiary/aromatic N) is 2. The number of benzene rings is 2. The number of anilines is 1. The molecule has 0 bridgehead atoms. The molecule has 3 rings (SSSR count). The van der Waals surface area contributed by atoms with Crippen LogP contribution in [0.5, 0.6) is 5.75 Å². The molecule has 0 saturated carbocycles. The van der Waals surface area contributed by atoms with E-state index in [0.29, 0.717) is 31.9 Å². The maximum Gasteiger partial charge on any atom is 0.241 e. The number of hydrogen-bond acceptors (Lipinski definition) is 5. The molecule has 0 aromatic heterocycles. The first-order valence-corrected chi connectivity index (χ1v) is 11.2. The Bertz CT molecular complexity index is 1010. The van der Waals surface area contributed by atoms with Crippen molar-refractivity contribution in [1.82, 2.24) is 9.62 Å². The molecule has 0 aliphatic carbocycles. The zero-order valence-corrected chi connectivity index (χ0v) is 18.2. The molecule has 1 aliphatic heterocycles. The second-order valence-electron chi connectivity index (χ2n) is 6.93. The summed E-state index contributed by atoms with van der Waals surface area (Å²) >= 11 is 6.01. The predicted octanol–water partition coefficient (Wildman–Crippen LogP) is 2.50. The number of sulfonamides is 1. The van der Waals surface area contributed by atoms with Crippen molar-refractivity contribution in [2.45, 2.75) is 17.9 Å². The summed E-state index contributed by atoms with van der Waals surface area (Å²) < 4.78 is 45.8. The van der Waals surface area contributed by atoms with Gasteiger partial charge in [0.05, 0.1) is 23.1 Å². The zero-order chi connectivity index (χ0) is 21.9. The summed E-state index contributed by atoms with van der Waals surface area (Å²) in [6.45, 7) is 3.54. The third-order valence-corrected chi connectivity index (χ3v) is 6.75. The van der Waals surface area contributed by atoms with Gasteiger partial charge in [-0.3, -0.25) is 4.79 Å². The Balaban J connectivity index is 1.60. The van der Waals surface area contributed by atoms with Crippen molar-refractivity contribution in [2.24, 2.45) is 0 Å². The summed E-state index contributed by atoms with van der Waals surface area (Å²) in [5.74, 6) is -0.248. The fourth-order valence-corrected chi connectivity index (χ4v) is 4.82. The number of carbonyl (C=O) groups is 1. The number of piperazine rings is 1. The highest BCUT2D eigenvalue weighted by molar-refractivity contribution is 7.89. The molecule has 1 heterocycles. The van der Waals surface area contributed by atoms with Crippen molar-refractivity contribution in [1.29, 1.82) is 0 Å². The van der Waals surface area contributed by atoms with Gasteiger partial charge >= 0.3 is 0 Å². The summed E-state index contributed by atoms with van der Waals surface area (Å²) in [5.41, 5.74) is 0.883. The molecule has 2 aromatic rings. The Hall–Kier alpha value is -2.36. The normalized spacial score (nSPS) is 15.7. The fraction of sp³-hybridized carbons (Fsp3) is 0.350. The van der Waals surface area contributed by atoms with Gasteiger partial charge in [-0.15, -0.1) is 0 Å². The summed E-state index contributed by atoms with van der Waals surface area (Å²) in [6, 6.07) is 9.36. The van der Waals surface area contributed by atoms with Gasteiger partial charge in [-0.25, -0.2) is 12.8 Å². The Labute approximate surface area is 180 Å². The van der Waals surface area contributed by atoms with Crippen LogP contribution in [0.1, 0.15) is 6.92 Å². The van der Waals surface area contributed by atoms with Gasteiger partial charge in [0.2, 0.25) is 15.9 Å². The molecule has 1 amide bonds. The van der Waals surface area contributed by atoms with E-state index in [-0.39, 0.29) is 21.6 Å². The average molecular weight is 456 g/mol. The SMILES string of the molecule is COc1ccc(S(=O)(=O)N[C@@H](C)C(=O)N2CCN(c3ccc(F)cc3)CC2)cc1Cl. The Morgan fingerprint density at radius 2 is 1.77 bits per heavy atom. The van der Waals surface area contributed by atoms with Gasteiger partial charge in [0.1, 0.15) is 11.6 Å². The standard InChI is InChI=1S/C20H23ClFN3O4S/c1-14(23-30(27,28)17-7-8-19(29-2)18(21)13-17)20(26)25-11-9-24(10-12-25)16-5-3-15(22)4-6-16/h3-8,13-14,23H,9-12H2,1-2H3/t14-/m0/s1. The van der Waals surface area contributed by atoms with Crippen molar-refractivity contribution in [2.75, 3.05) is 38.2 Å². The molecule has 30 heavy (non-hydrogen) atoms. The van der Waals surface area contributed by atoms with E-state index in [1.54, 1.807) is 17.0 Å². The highest BCUT2D eigenvalue weighted by atomic mass is 35.5. The number of ether oxygens (including phenoxy) is 1. The van der Waals surface area contributed by atoms with Crippen LogP contribution in [0.2, 0.25) is 5.02 Å². The second kappa shape index (κ2) is 9.20. The average Bonchev–Trinajstić information content (AvgIpc) is 2.73. The first-order chi connectivity index (χ1) is 14.2. The third-order valence-electron chi connectivity index (χ3n) is 4.92. The van der Waals surface area contributed by atoms with Crippen molar-refractivity contribution < 1.29 is 22.3 Å². The van der Waals surface area contributed by atoms with Crippen LogP contribution in [0.15, 0.2) is 47.4 Å². The molecule has 2 aromatic carbocycles. The van der Waals surface area contributed by atoms with Crippen LogP contribution in [0.3, 0.4) is 0 Å². The van der Waals surface area contributed by atoms with Gasteiger partial charge in [-0.1, -0.05) is 11.6 Å². The Morgan fingerprint density at radius 1 is 1.13 bits per heavy atom. The topological polar surface area (TPSA) is 78.9 Å². The molecule has 0 spiro atoms. The third kappa shape index (κ3) is 5.03. The molecule has 0 radical (unpaired) electrons. The largest absolute Gasteiger partial charge is 0.495 e. The lowest BCUT2D eigenvalue weighted by Gasteiger charge is -2.37. The quantitative estimate of drug-likeness (QED) is 0.724. The maximum absolute atomic E-state index is 13.1. The van der Waals surface area contributed by atoms with Gasteiger partial charge in [0, 0.05) is 31.9 Å². The molecule has 7 nitrogen and oxygen atoms in total. The van der Waals surface area contributed by atoms with E-state index in [9.17, 15) is 17.6 Å². The molecule has 0 unspecified atom stereocenters. The lowest BCUT2D eigenvalue weighted by molar-refractivity contribution is -0.132. The Morgan fingerprint density at radius 3 is 2.33 bits per heavy atom. The highest BCUT2D eigenvalue weighted by Crippen LogP contribution is 2.27. The van der Waals surface area contributed by atoms with Crippen molar-refractivity contribution in [3.8, 4) is 5.75 Å². The summed E-state index contributed by atoms with van der Waals surface area (Å²) in [4.78, 5) is 16.4. The molecule has 1 fully saturated rings. The second-order valence-corrected chi connectivity index (χ2v) is 9.05. The number of carbonyl (C=O) groups excluding carboxylic acids is 1. The lowest BCUT2D eigenvalue weighted by Crippen LogP contribution is -2.54. The van der Waals surface area contributed by atoms with E-state index >= 15 is 0 Å². The van der Waals surface area contributed by atoms with E-state index < -0.39 is 16.1 Å². The molecule has 162 valence electrons. The van der Waals surface area contributed by atoms with Crippen LogP contribution in [-0.2, 0) is 14.8 Å². The van der Waals surface area contributed by atoms with Crippen molar-refractivity contribution in [3.05, 3.63) is 53.3 Å².